The summed E-state index contributed by atoms with van der Waals surface area (Å²) in [6.45, 7) is 3.47. The van der Waals surface area contributed by atoms with Crippen LogP contribution in [0.4, 0.5) is 0 Å². The highest BCUT2D eigenvalue weighted by molar-refractivity contribution is 5.69. The number of rotatable bonds is 6. The lowest BCUT2D eigenvalue weighted by molar-refractivity contribution is -0.138. The molecule has 0 saturated heterocycles. The van der Waals surface area contributed by atoms with Crippen LogP contribution in [0.25, 0.3) is 0 Å². The van der Waals surface area contributed by atoms with Gasteiger partial charge in [0.15, 0.2) is 0 Å². The van der Waals surface area contributed by atoms with Crippen LogP contribution < -0.4 is 11.1 Å². The van der Waals surface area contributed by atoms with Gasteiger partial charge < -0.3 is 16.2 Å². The predicted octanol–water partition coefficient (Wildman–Crippen LogP) is -0.297. The second-order valence-corrected chi connectivity index (χ2v) is 3.26. The zero-order valence-electron chi connectivity index (χ0n) is 7.91. The Hall–Kier alpha value is -1.10. The number of aliphatic carboxylic acids is 1. The van der Waals surface area contributed by atoms with Gasteiger partial charge in [-0.1, -0.05) is 6.92 Å². The summed E-state index contributed by atoms with van der Waals surface area (Å²) < 4.78 is 0. The molecule has 0 aromatic rings. The number of carboxylic acids is 1. The van der Waals surface area contributed by atoms with E-state index in [4.69, 9.17) is 10.8 Å². The molecule has 2 atom stereocenters. The predicted molar refractivity (Wildman–Crippen MR) is 48.1 cm³/mol. The topological polar surface area (TPSA) is 92.4 Å². The summed E-state index contributed by atoms with van der Waals surface area (Å²) in [5.41, 5.74) is 4.84. The third-order valence-electron chi connectivity index (χ3n) is 2.17. The van der Waals surface area contributed by atoms with Crippen LogP contribution >= 0.6 is 0 Å². The van der Waals surface area contributed by atoms with Crippen molar-refractivity contribution in [1.29, 1.82) is 0 Å². The van der Waals surface area contributed by atoms with Gasteiger partial charge in [0.1, 0.15) is 0 Å². The van der Waals surface area contributed by atoms with Crippen LogP contribution in [0.1, 0.15) is 26.7 Å². The molecule has 4 N–H and O–H groups in total. The van der Waals surface area contributed by atoms with E-state index in [1.807, 2.05) is 6.92 Å². The zero-order chi connectivity index (χ0) is 10.5. The zero-order valence-corrected chi connectivity index (χ0v) is 7.91. The van der Waals surface area contributed by atoms with E-state index in [-0.39, 0.29) is 12.5 Å². The Balaban J connectivity index is 4.49. The van der Waals surface area contributed by atoms with E-state index in [2.05, 4.69) is 5.32 Å². The molecule has 0 aliphatic heterocycles. The molecule has 0 aromatic carbocycles. The van der Waals surface area contributed by atoms with Gasteiger partial charge in [0.05, 0.1) is 12.0 Å². The molecule has 2 unspecified atom stereocenters. The van der Waals surface area contributed by atoms with E-state index in [0.717, 1.165) is 0 Å². The summed E-state index contributed by atoms with van der Waals surface area (Å²) in [5, 5.41) is 11.1. The van der Waals surface area contributed by atoms with Gasteiger partial charge in [-0.05, 0) is 13.3 Å². The van der Waals surface area contributed by atoms with E-state index in [1.54, 1.807) is 6.92 Å². The first-order chi connectivity index (χ1) is 5.96. The number of hydrogen-bond acceptors (Lipinski definition) is 3. The van der Waals surface area contributed by atoms with Crippen molar-refractivity contribution in [2.75, 3.05) is 0 Å². The van der Waals surface area contributed by atoms with Crippen LogP contribution in [0.5, 0.6) is 0 Å². The number of nitrogens with two attached hydrogens (primary N) is 1. The lowest BCUT2D eigenvalue weighted by atomic mass is 9.88. The van der Waals surface area contributed by atoms with Gasteiger partial charge >= 0.3 is 5.97 Å². The fourth-order valence-electron chi connectivity index (χ4n) is 1.19. The molecule has 5 heteroatoms. The van der Waals surface area contributed by atoms with E-state index in [1.165, 1.54) is 0 Å². The van der Waals surface area contributed by atoms with Gasteiger partial charge in [-0.15, -0.1) is 0 Å². The molecule has 0 bridgehead atoms. The van der Waals surface area contributed by atoms with Crippen molar-refractivity contribution in [3.63, 3.8) is 0 Å². The summed E-state index contributed by atoms with van der Waals surface area (Å²) in [7, 11) is 0. The minimum Gasteiger partial charge on any atom is -0.481 e. The van der Waals surface area contributed by atoms with Crippen LogP contribution in [0.15, 0.2) is 0 Å². The normalized spacial score (nSPS) is 17.2. The summed E-state index contributed by atoms with van der Waals surface area (Å²) >= 11 is 0. The van der Waals surface area contributed by atoms with Crippen molar-refractivity contribution < 1.29 is 14.7 Å². The van der Waals surface area contributed by atoms with Gasteiger partial charge in [-0.2, -0.15) is 0 Å². The van der Waals surface area contributed by atoms with Crippen molar-refractivity contribution in [2.24, 2.45) is 5.73 Å². The Morgan fingerprint density at radius 1 is 1.77 bits per heavy atom. The molecule has 0 heterocycles. The largest absolute Gasteiger partial charge is 0.481 e. The molecule has 0 aromatic heterocycles. The van der Waals surface area contributed by atoms with Crippen molar-refractivity contribution in [3.05, 3.63) is 0 Å². The number of carbonyl (C=O) groups is 2. The van der Waals surface area contributed by atoms with Crippen LogP contribution in [0.2, 0.25) is 0 Å². The van der Waals surface area contributed by atoms with Crippen molar-refractivity contribution in [2.45, 2.75) is 38.3 Å². The molecular weight excluding hydrogens is 172 g/mol. The molecule has 0 spiro atoms. The molecule has 0 radical (unpaired) electrons. The first-order valence-corrected chi connectivity index (χ1v) is 4.15. The molecule has 5 nitrogen and oxygen atoms in total. The van der Waals surface area contributed by atoms with Crippen molar-refractivity contribution in [3.8, 4) is 0 Å². The first-order valence-electron chi connectivity index (χ1n) is 4.15. The second kappa shape index (κ2) is 4.81. The number of hydrogen-bond donors (Lipinski definition) is 3. The maximum atomic E-state index is 10.5. The molecule has 0 fully saturated rings. The Morgan fingerprint density at radius 2 is 2.31 bits per heavy atom. The molecule has 1 amide bonds. The highest BCUT2D eigenvalue weighted by Gasteiger charge is 2.32. The van der Waals surface area contributed by atoms with Crippen LogP contribution in [0, 0.1) is 0 Å². The van der Waals surface area contributed by atoms with Gasteiger partial charge in [-0.25, -0.2) is 0 Å². The van der Waals surface area contributed by atoms with Crippen molar-refractivity contribution >= 4 is 12.4 Å². The van der Waals surface area contributed by atoms with Crippen molar-refractivity contribution in [1.82, 2.24) is 5.32 Å². The summed E-state index contributed by atoms with van der Waals surface area (Å²) in [6.07, 6.45) is 0.934. The Kier molecular flexibility index (Phi) is 4.40. The maximum Gasteiger partial charge on any atom is 0.305 e. The minimum absolute atomic E-state index is 0.166. The third kappa shape index (κ3) is 3.42. The summed E-state index contributed by atoms with van der Waals surface area (Å²) in [5.74, 6) is -0.972. The van der Waals surface area contributed by atoms with E-state index < -0.39 is 11.5 Å². The van der Waals surface area contributed by atoms with E-state index >= 15 is 0 Å². The summed E-state index contributed by atoms with van der Waals surface area (Å²) in [6, 6.07) is -0.353. The first kappa shape index (κ1) is 11.9. The monoisotopic (exact) mass is 188 g/mol. The number of carbonyl (C=O) groups excluding carboxylic acids is 1. The smallest absolute Gasteiger partial charge is 0.305 e. The SMILES string of the molecule is CCC(N)C(C)(CC(=O)O)NC=O. The Labute approximate surface area is 77.3 Å². The van der Waals surface area contributed by atoms with Gasteiger partial charge in [0.2, 0.25) is 6.41 Å². The number of amides is 1. The molecule has 0 aliphatic carbocycles. The highest BCUT2D eigenvalue weighted by atomic mass is 16.4. The van der Waals surface area contributed by atoms with Gasteiger partial charge in [0, 0.05) is 6.04 Å². The number of nitrogens with one attached hydrogen (secondary N) is 1. The van der Waals surface area contributed by atoms with Crippen LogP contribution in [0.3, 0.4) is 0 Å². The number of carboxylic acid groups (broad SMARTS) is 1. The fraction of sp³-hybridized carbons (Fsp3) is 0.750. The average Bonchev–Trinajstić information content (AvgIpc) is 2.02. The van der Waals surface area contributed by atoms with Crippen LogP contribution in [-0.2, 0) is 9.59 Å². The standard InChI is InChI=1S/C8H16N2O3/c1-3-6(9)8(2,10-5-11)4-7(12)13/h5-6H,3-4,9H2,1-2H3,(H,10,11)(H,12,13). The molecule has 0 saturated carbocycles. The molecular formula is C8H16N2O3. The average molecular weight is 188 g/mol. The summed E-state index contributed by atoms with van der Waals surface area (Å²) in [4.78, 5) is 20.8. The van der Waals surface area contributed by atoms with Gasteiger partial charge in [-0.3, -0.25) is 9.59 Å². The van der Waals surface area contributed by atoms with Crippen LogP contribution in [-0.4, -0.2) is 29.1 Å². The van der Waals surface area contributed by atoms with E-state index in [9.17, 15) is 9.59 Å². The lowest BCUT2D eigenvalue weighted by Crippen LogP contribution is -2.56. The molecule has 0 aliphatic rings. The lowest BCUT2D eigenvalue weighted by Gasteiger charge is -2.32. The van der Waals surface area contributed by atoms with Gasteiger partial charge in [0.25, 0.3) is 0 Å². The third-order valence-corrected chi connectivity index (χ3v) is 2.17. The molecule has 0 rings (SSSR count). The quantitative estimate of drug-likeness (QED) is 0.499. The highest BCUT2D eigenvalue weighted by Crippen LogP contribution is 2.15. The Morgan fingerprint density at radius 3 is 2.62 bits per heavy atom. The second-order valence-electron chi connectivity index (χ2n) is 3.26. The molecule has 13 heavy (non-hydrogen) atoms. The van der Waals surface area contributed by atoms with E-state index in [0.29, 0.717) is 12.8 Å². The minimum atomic E-state index is -0.972. The molecule has 76 valence electrons. The maximum absolute atomic E-state index is 10.5. The Bertz CT molecular complexity index is 196. The fourth-order valence-corrected chi connectivity index (χ4v) is 1.19.